The van der Waals surface area contributed by atoms with Crippen molar-refractivity contribution in [3.05, 3.63) is 71.7 Å². The Morgan fingerprint density at radius 1 is 1.05 bits per heavy atom. The fraction of sp³-hybridized carbons (Fsp3) is 0.125. The average Bonchev–Trinajstić information content (AvgIpc) is 2.84. The topological polar surface area (TPSA) is 30.9 Å². The van der Waals surface area contributed by atoms with E-state index in [2.05, 4.69) is 29.0 Å². The fourth-order valence-corrected chi connectivity index (χ4v) is 2.36. The van der Waals surface area contributed by atoms with Gasteiger partial charge in [0.05, 0.1) is 0 Å². The van der Waals surface area contributed by atoms with Gasteiger partial charge >= 0.3 is 0 Å². The Morgan fingerprint density at radius 2 is 1.89 bits per heavy atom. The lowest BCUT2D eigenvalue weighted by molar-refractivity contribution is 0.609. The smallest absolute Gasteiger partial charge is 0.127 e. The van der Waals surface area contributed by atoms with Crippen LogP contribution in [0.2, 0.25) is 0 Å². The van der Waals surface area contributed by atoms with Crippen molar-refractivity contribution in [2.24, 2.45) is 5.73 Å². The molecule has 0 fully saturated rings. The number of fused-ring (bicyclic) bond motifs is 1. The van der Waals surface area contributed by atoms with Crippen LogP contribution in [0.5, 0.6) is 0 Å². The van der Waals surface area contributed by atoms with Gasteiger partial charge in [-0.1, -0.05) is 24.3 Å². The zero-order valence-electron chi connectivity index (χ0n) is 10.5. The van der Waals surface area contributed by atoms with Gasteiger partial charge in [0.2, 0.25) is 0 Å². The number of nitrogens with zero attached hydrogens (tertiary/aromatic N) is 1. The predicted molar refractivity (Wildman–Crippen MR) is 75.3 cm³/mol. The molecule has 19 heavy (non-hydrogen) atoms. The highest BCUT2D eigenvalue weighted by Gasteiger charge is 2.04. The number of aromatic nitrogens is 1. The number of hydrogen-bond donors (Lipinski definition) is 1. The van der Waals surface area contributed by atoms with Crippen molar-refractivity contribution in [3.63, 3.8) is 0 Å². The van der Waals surface area contributed by atoms with Crippen LogP contribution in [0.1, 0.15) is 11.1 Å². The molecule has 0 saturated carbocycles. The lowest BCUT2D eigenvalue weighted by Crippen LogP contribution is -2.03. The molecule has 0 spiro atoms. The predicted octanol–water partition coefficient (Wildman–Crippen LogP) is 3.29. The van der Waals surface area contributed by atoms with Gasteiger partial charge in [0, 0.05) is 30.4 Å². The van der Waals surface area contributed by atoms with Crippen LogP contribution in [0.25, 0.3) is 10.9 Å². The molecule has 0 aliphatic heterocycles. The van der Waals surface area contributed by atoms with Gasteiger partial charge in [-0.3, -0.25) is 0 Å². The highest BCUT2D eigenvalue weighted by Crippen LogP contribution is 2.18. The number of nitrogens with two attached hydrogens (primary N) is 1. The second-order valence-corrected chi connectivity index (χ2v) is 4.63. The Bertz CT molecular complexity index is 716. The van der Waals surface area contributed by atoms with E-state index < -0.39 is 0 Å². The summed E-state index contributed by atoms with van der Waals surface area (Å²) >= 11 is 0. The molecule has 0 aliphatic carbocycles. The first-order valence-electron chi connectivity index (χ1n) is 6.29. The minimum absolute atomic E-state index is 0.228. The maximum atomic E-state index is 13.4. The van der Waals surface area contributed by atoms with Gasteiger partial charge in [-0.05, 0) is 35.2 Å². The third-order valence-corrected chi connectivity index (χ3v) is 3.36. The standard InChI is InChI=1S/C16H15FN2/c17-15-6-5-12(9-14(15)10-18)11-19-8-7-13-3-1-2-4-16(13)19/h1-9H,10-11,18H2. The van der Waals surface area contributed by atoms with Crippen molar-refractivity contribution in [1.29, 1.82) is 0 Å². The van der Waals surface area contributed by atoms with Gasteiger partial charge in [-0.25, -0.2) is 4.39 Å². The van der Waals surface area contributed by atoms with Crippen LogP contribution in [-0.2, 0) is 13.1 Å². The minimum atomic E-state index is -0.233. The van der Waals surface area contributed by atoms with Crippen LogP contribution in [0.4, 0.5) is 4.39 Å². The highest BCUT2D eigenvalue weighted by molar-refractivity contribution is 5.80. The molecule has 0 aliphatic rings. The van der Waals surface area contributed by atoms with Gasteiger partial charge in [-0.2, -0.15) is 0 Å². The maximum absolute atomic E-state index is 13.4. The van der Waals surface area contributed by atoms with E-state index in [0.717, 1.165) is 12.1 Å². The van der Waals surface area contributed by atoms with E-state index in [4.69, 9.17) is 5.73 Å². The lowest BCUT2D eigenvalue weighted by Gasteiger charge is -2.08. The molecule has 3 heteroatoms. The minimum Gasteiger partial charge on any atom is -0.343 e. The Morgan fingerprint density at radius 3 is 2.74 bits per heavy atom. The molecule has 1 aromatic heterocycles. The number of rotatable bonds is 3. The second-order valence-electron chi connectivity index (χ2n) is 4.63. The molecule has 0 amide bonds. The zero-order valence-corrected chi connectivity index (χ0v) is 10.5. The summed E-state index contributed by atoms with van der Waals surface area (Å²) in [6.07, 6.45) is 2.05. The van der Waals surface area contributed by atoms with Gasteiger partial charge in [-0.15, -0.1) is 0 Å². The van der Waals surface area contributed by atoms with Crippen molar-refractivity contribution in [1.82, 2.24) is 4.57 Å². The third kappa shape index (κ3) is 2.25. The van der Waals surface area contributed by atoms with Crippen LogP contribution >= 0.6 is 0 Å². The summed E-state index contributed by atoms with van der Waals surface area (Å²) in [6.45, 7) is 0.951. The summed E-state index contributed by atoms with van der Waals surface area (Å²) in [6, 6.07) is 15.4. The molecule has 2 N–H and O–H groups in total. The molecule has 0 atom stereocenters. The Balaban J connectivity index is 1.97. The number of para-hydroxylation sites is 1. The van der Waals surface area contributed by atoms with Crippen molar-refractivity contribution in [2.75, 3.05) is 0 Å². The number of hydrogen-bond acceptors (Lipinski definition) is 1. The van der Waals surface area contributed by atoms with E-state index in [1.54, 1.807) is 0 Å². The maximum Gasteiger partial charge on any atom is 0.127 e. The molecular weight excluding hydrogens is 239 g/mol. The number of halogens is 1. The molecule has 3 aromatic rings. The van der Waals surface area contributed by atoms with Gasteiger partial charge < -0.3 is 10.3 Å². The molecule has 3 rings (SSSR count). The quantitative estimate of drug-likeness (QED) is 0.764. The van der Waals surface area contributed by atoms with E-state index in [1.807, 2.05) is 24.3 Å². The molecule has 0 unspecified atom stereocenters. The van der Waals surface area contributed by atoms with Crippen LogP contribution in [0.3, 0.4) is 0 Å². The van der Waals surface area contributed by atoms with Crippen LogP contribution in [-0.4, -0.2) is 4.57 Å². The first kappa shape index (κ1) is 11.9. The lowest BCUT2D eigenvalue weighted by atomic mass is 10.1. The summed E-state index contributed by atoms with van der Waals surface area (Å²) in [5.74, 6) is -0.233. The Hall–Kier alpha value is -2.13. The summed E-state index contributed by atoms with van der Waals surface area (Å²) in [5, 5.41) is 1.21. The van der Waals surface area contributed by atoms with Crippen LogP contribution in [0, 0.1) is 5.82 Å². The monoisotopic (exact) mass is 254 g/mol. The summed E-state index contributed by atoms with van der Waals surface area (Å²) in [4.78, 5) is 0. The van der Waals surface area contributed by atoms with E-state index in [-0.39, 0.29) is 12.4 Å². The normalized spacial score (nSPS) is 11.1. The third-order valence-electron chi connectivity index (χ3n) is 3.36. The van der Waals surface area contributed by atoms with Crippen LogP contribution < -0.4 is 5.73 Å². The average molecular weight is 254 g/mol. The molecular formula is C16H15FN2. The first-order valence-corrected chi connectivity index (χ1v) is 6.29. The first-order chi connectivity index (χ1) is 9.28. The summed E-state index contributed by atoms with van der Waals surface area (Å²) < 4.78 is 15.6. The highest BCUT2D eigenvalue weighted by atomic mass is 19.1. The van der Waals surface area contributed by atoms with Crippen molar-refractivity contribution < 1.29 is 4.39 Å². The van der Waals surface area contributed by atoms with Gasteiger partial charge in [0.25, 0.3) is 0 Å². The Kier molecular flexibility index (Phi) is 3.05. The molecule has 2 aromatic carbocycles. The van der Waals surface area contributed by atoms with Crippen molar-refractivity contribution >= 4 is 10.9 Å². The summed E-state index contributed by atoms with van der Waals surface area (Å²) in [7, 11) is 0. The molecule has 2 nitrogen and oxygen atoms in total. The molecule has 96 valence electrons. The number of benzene rings is 2. The largest absolute Gasteiger partial charge is 0.343 e. The molecule has 1 heterocycles. The molecule has 0 radical (unpaired) electrons. The van der Waals surface area contributed by atoms with E-state index in [0.29, 0.717) is 5.56 Å². The van der Waals surface area contributed by atoms with Gasteiger partial charge in [0.1, 0.15) is 5.82 Å². The summed E-state index contributed by atoms with van der Waals surface area (Å²) in [5.41, 5.74) is 8.34. The van der Waals surface area contributed by atoms with Crippen molar-refractivity contribution in [2.45, 2.75) is 13.1 Å². The van der Waals surface area contributed by atoms with E-state index in [1.165, 1.54) is 17.0 Å². The second kappa shape index (κ2) is 4.86. The molecule has 0 saturated heterocycles. The fourth-order valence-electron chi connectivity index (χ4n) is 2.36. The molecule has 0 bridgehead atoms. The SMILES string of the molecule is NCc1cc(Cn2ccc3ccccc32)ccc1F. The van der Waals surface area contributed by atoms with Gasteiger partial charge in [0.15, 0.2) is 0 Å². The van der Waals surface area contributed by atoms with Crippen molar-refractivity contribution in [3.8, 4) is 0 Å². The van der Waals surface area contributed by atoms with E-state index in [9.17, 15) is 4.39 Å². The van der Waals surface area contributed by atoms with Crippen LogP contribution in [0.15, 0.2) is 54.7 Å². The van der Waals surface area contributed by atoms with E-state index >= 15 is 0 Å². The Labute approximate surface area is 111 Å². The zero-order chi connectivity index (χ0) is 13.2.